The van der Waals surface area contributed by atoms with E-state index >= 15 is 0 Å². The van der Waals surface area contributed by atoms with Crippen molar-refractivity contribution < 1.29 is 49.0 Å². The van der Waals surface area contributed by atoms with Gasteiger partial charge in [0.25, 0.3) is 0 Å². The summed E-state index contributed by atoms with van der Waals surface area (Å²) in [5, 5.41) is 40.1. The molecule has 0 amide bonds. The van der Waals surface area contributed by atoms with Crippen LogP contribution in [-0.2, 0) is 28.5 Å². The molecule has 332 valence electrons. The van der Waals surface area contributed by atoms with Gasteiger partial charge in [-0.25, -0.2) is 0 Å². The lowest BCUT2D eigenvalue weighted by Crippen LogP contribution is -2.59. The minimum absolute atomic E-state index is 0.220. The molecule has 1 saturated heterocycles. The van der Waals surface area contributed by atoms with Gasteiger partial charge in [0.15, 0.2) is 12.4 Å². The first kappa shape index (κ1) is 52.9. The lowest BCUT2D eigenvalue weighted by Gasteiger charge is -2.39. The fourth-order valence-electron chi connectivity index (χ4n) is 6.96. The summed E-state index contributed by atoms with van der Waals surface area (Å²) in [5.74, 6) is -0.815. The number of esters is 2. The molecule has 2 unspecified atom stereocenters. The van der Waals surface area contributed by atoms with E-state index in [-0.39, 0.29) is 32.0 Å². The molecule has 10 nitrogen and oxygen atoms in total. The molecule has 1 rings (SSSR count). The number of carbonyl (C=O) groups excluding carboxylic acids is 2. The fraction of sp³-hybridized carbons (Fsp3) is 0.830. The molecule has 0 aromatic carbocycles. The first-order valence-corrected chi connectivity index (χ1v) is 23.0. The summed E-state index contributed by atoms with van der Waals surface area (Å²) in [4.78, 5) is 25.3. The van der Waals surface area contributed by atoms with Crippen LogP contribution in [0.25, 0.3) is 0 Å². The molecule has 6 atom stereocenters. The van der Waals surface area contributed by atoms with Crippen molar-refractivity contribution in [2.45, 2.75) is 230 Å². The van der Waals surface area contributed by atoms with Crippen LogP contribution in [0.1, 0.15) is 193 Å². The van der Waals surface area contributed by atoms with Gasteiger partial charge in [-0.1, -0.05) is 153 Å². The summed E-state index contributed by atoms with van der Waals surface area (Å²) in [6, 6.07) is 0. The SMILES string of the molecule is C=CCCCCCCCCCCCCCCCC(=O)OC[C@H](CO[C@@H]1O[C@H](CO)[C@H](O)C(O)C1O)OC(=O)CCCCCCCCC/C=C/C/C=C/CCCCC. The molecule has 4 N–H and O–H groups in total. The zero-order chi connectivity index (χ0) is 41.6. The van der Waals surface area contributed by atoms with E-state index in [2.05, 4.69) is 37.8 Å². The molecule has 10 heteroatoms. The van der Waals surface area contributed by atoms with Crippen LogP contribution in [0.3, 0.4) is 0 Å². The maximum absolute atomic E-state index is 12.8. The zero-order valence-electron chi connectivity index (χ0n) is 35.9. The van der Waals surface area contributed by atoms with Gasteiger partial charge < -0.3 is 39.4 Å². The van der Waals surface area contributed by atoms with Gasteiger partial charge in [0.2, 0.25) is 0 Å². The predicted molar refractivity (Wildman–Crippen MR) is 229 cm³/mol. The monoisotopic (exact) mass is 809 g/mol. The highest BCUT2D eigenvalue weighted by Gasteiger charge is 2.44. The van der Waals surface area contributed by atoms with E-state index in [0.29, 0.717) is 6.42 Å². The molecule has 0 aromatic rings. The Morgan fingerprint density at radius 1 is 0.596 bits per heavy atom. The number of carbonyl (C=O) groups is 2. The standard InChI is InChI=1S/C47H84O10/c1-3-5-7-9-11-13-15-17-19-20-22-24-26-28-30-32-34-36-43(50)56-40(39-55-47-46(53)45(52)44(51)41(37-48)57-47)38-54-42(49)35-33-31-29-27-25-23-21-18-16-14-12-10-8-6-4-2/h4,11,13,17,19,40-41,44-48,51-53H,2-3,5-10,12,14-16,18,20-39H2,1H3/b13-11+,19-17+/t40-,41-,44+,45?,46?,47-/m1/s1. The van der Waals surface area contributed by atoms with Crippen molar-refractivity contribution in [1.82, 2.24) is 0 Å². The van der Waals surface area contributed by atoms with Crippen LogP contribution >= 0.6 is 0 Å². The van der Waals surface area contributed by atoms with Gasteiger partial charge in [-0.3, -0.25) is 9.59 Å². The van der Waals surface area contributed by atoms with Crippen LogP contribution < -0.4 is 0 Å². The van der Waals surface area contributed by atoms with Crippen LogP contribution in [0.4, 0.5) is 0 Å². The number of rotatable bonds is 39. The number of hydrogen-bond acceptors (Lipinski definition) is 10. The summed E-state index contributed by atoms with van der Waals surface area (Å²) in [6.45, 7) is 4.92. The van der Waals surface area contributed by atoms with Gasteiger partial charge in [-0.15, -0.1) is 6.58 Å². The van der Waals surface area contributed by atoms with Crippen molar-refractivity contribution in [3.63, 3.8) is 0 Å². The smallest absolute Gasteiger partial charge is 0.306 e. The molecule has 1 fully saturated rings. The van der Waals surface area contributed by atoms with Crippen molar-refractivity contribution >= 4 is 11.9 Å². The van der Waals surface area contributed by atoms with Crippen molar-refractivity contribution in [1.29, 1.82) is 0 Å². The first-order valence-electron chi connectivity index (χ1n) is 23.0. The molecule has 0 aromatic heterocycles. The topological polar surface area (TPSA) is 152 Å². The second kappa shape index (κ2) is 38.1. The van der Waals surface area contributed by atoms with Crippen molar-refractivity contribution in [3.05, 3.63) is 37.0 Å². The fourth-order valence-corrected chi connectivity index (χ4v) is 6.96. The molecule has 0 radical (unpaired) electrons. The average molecular weight is 809 g/mol. The summed E-state index contributed by atoms with van der Waals surface area (Å²) < 4.78 is 22.2. The summed E-state index contributed by atoms with van der Waals surface area (Å²) in [5.41, 5.74) is 0. The minimum Gasteiger partial charge on any atom is -0.462 e. The Hall–Kier alpha value is -2.08. The lowest BCUT2D eigenvalue weighted by atomic mass is 9.99. The highest BCUT2D eigenvalue weighted by atomic mass is 16.7. The highest BCUT2D eigenvalue weighted by molar-refractivity contribution is 5.70. The van der Waals surface area contributed by atoms with Gasteiger partial charge in [-0.2, -0.15) is 0 Å². The van der Waals surface area contributed by atoms with Gasteiger partial charge >= 0.3 is 11.9 Å². The quantitative estimate of drug-likeness (QED) is 0.0268. The summed E-state index contributed by atoms with van der Waals surface area (Å²) in [6.07, 6.45) is 34.6. The van der Waals surface area contributed by atoms with Gasteiger partial charge in [-0.05, 0) is 57.8 Å². The highest BCUT2D eigenvalue weighted by Crippen LogP contribution is 2.23. The average Bonchev–Trinajstić information content (AvgIpc) is 3.21. The third-order valence-electron chi connectivity index (χ3n) is 10.6. The number of allylic oxidation sites excluding steroid dienone is 5. The van der Waals surface area contributed by atoms with Gasteiger partial charge in [0.1, 0.15) is 31.0 Å². The molecular weight excluding hydrogens is 725 g/mol. The normalized spacial score (nSPS) is 20.3. The number of hydrogen-bond donors (Lipinski definition) is 4. The van der Waals surface area contributed by atoms with Gasteiger partial charge in [0, 0.05) is 12.8 Å². The Bertz CT molecular complexity index is 1010. The maximum Gasteiger partial charge on any atom is 0.306 e. The molecule has 1 aliphatic heterocycles. The number of ether oxygens (including phenoxy) is 4. The van der Waals surface area contributed by atoms with E-state index in [1.165, 1.54) is 109 Å². The molecular formula is C47H84O10. The van der Waals surface area contributed by atoms with E-state index < -0.39 is 49.4 Å². The minimum atomic E-state index is -1.60. The Labute approximate surface area is 346 Å². The molecule has 1 heterocycles. The Morgan fingerprint density at radius 2 is 1.07 bits per heavy atom. The first-order chi connectivity index (χ1) is 27.8. The van der Waals surface area contributed by atoms with Crippen molar-refractivity contribution in [2.75, 3.05) is 19.8 Å². The molecule has 0 saturated carbocycles. The maximum atomic E-state index is 12.8. The second-order valence-corrected chi connectivity index (χ2v) is 15.9. The van der Waals surface area contributed by atoms with E-state index in [1.807, 2.05) is 6.08 Å². The summed E-state index contributed by atoms with van der Waals surface area (Å²) in [7, 11) is 0. The largest absolute Gasteiger partial charge is 0.462 e. The van der Waals surface area contributed by atoms with Crippen molar-refractivity contribution in [2.24, 2.45) is 0 Å². The molecule has 0 spiro atoms. The van der Waals surface area contributed by atoms with Crippen LogP contribution in [0.2, 0.25) is 0 Å². The third-order valence-corrected chi connectivity index (χ3v) is 10.6. The van der Waals surface area contributed by atoms with Crippen LogP contribution in [0.5, 0.6) is 0 Å². The van der Waals surface area contributed by atoms with E-state index in [0.717, 1.165) is 57.8 Å². The summed E-state index contributed by atoms with van der Waals surface area (Å²) >= 11 is 0. The van der Waals surface area contributed by atoms with E-state index in [4.69, 9.17) is 18.9 Å². The molecule has 57 heavy (non-hydrogen) atoms. The molecule has 0 bridgehead atoms. The van der Waals surface area contributed by atoms with Crippen LogP contribution in [0, 0.1) is 0 Å². The number of aliphatic hydroxyl groups is 4. The Balaban J connectivity index is 2.31. The van der Waals surface area contributed by atoms with E-state index in [1.54, 1.807) is 0 Å². The number of aliphatic hydroxyl groups excluding tert-OH is 4. The van der Waals surface area contributed by atoms with Crippen molar-refractivity contribution in [3.8, 4) is 0 Å². The Morgan fingerprint density at radius 3 is 1.58 bits per heavy atom. The second-order valence-electron chi connectivity index (χ2n) is 15.9. The molecule has 1 aliphatic rings. The molecule has 0 aliphatic carbocycles. The Kier molecular flexibility index (Phi) is 35.4. The van der Waals surface area contributed by atoms with Crippen LogP contribution in [0.15, 0.2) is 37.0 Å². The van der Waals surface area contributed by atoms with Gasteiger partial charge in [0.05, 0.1) is 13.2 Å². The predicted octanol–water partition coefficient (Wildman–Crippen LogP) is 9.89. The lowest BCUT2D eigenvalue weighted by molar-refractivity contribution is -0.305. The van der Waals surface area contributed by atoms with E-state index in [9.17, 15) is 30.0 Å². The number of unbranched alkanes of at least 4 members (excludes halogenated alkanes) is 23. The third kappa shape index (κ3) is 29.7. The van der Waals surface area contributed by atoms with Crippen LogP contribution in [-0.4, -0.2) is 89.0 Å². The zero-order valence-corrected chi connectivity index (χ0v) is 35.9.